The topological polar surface area (TPSA) is 42.7 Å². The monoisotopic (exact) mass is 238 g/mol. The van der Waals surface area contributed by atoms with Crippen LogP contribution in [0.5, 0.6) is 0 Å². The summed E-state index contributed by atoms with van der Waals surface area (Å²) in [4.78, 5) is 0. The number of nitrogens with one attached hydrogen (secondary N) is 1. The van der Waals surface area contributed by atoms with Crippen molar-refractivity contribution in [2.45, 2.75) is 13.5 Å². The van der Waals surface area contributed by atoms with Crippen LogP contribution in [0.2, 0.25) is 0 Å². The van der Waals surface area contributed by atoms with Crippen molar-refractivity contribution in [1.82, 2.24) is 15.0 Å². The zero-order valence-corrected chi connectivity index (χ0v) is 9.54. The zero-order valence-electron chi connectivity index (χ0n) is 9.54. The van der Waals surface area contributed by atoms with Crippen molar-refractivity contribution in [2.75, 3.05) is 5.32 Å². The van der Waals surface area contributed by atoms with Crippen molar-refractivity contribution in [1.29, 1.82) is 0 Å². The van der Waals surface area contributed by atoms with Gasteiger partial charge in [0.2, 0.25) is 0 Å². The molecule has 1 N–H and O–H groups in total. The summed E-state index contributed by atoms with van der Waals surface area (Å²) in [6.07, 6.45) is 1.70. The summed E-state index contributed by atoms with van der Waals surface area (Å²) < 4.78 is 28.3. The molecule has 0 spiro atoms. The van der Waals surface area contributed by atoms with Gasteiger partial charge in [0.1, 0.15) is 17.3 Å². The molecule has 4 nitrogen and oxygen atoms in total. The largest absolute Gasteiger partial charge is 0.377 e. The van der Waals surface area contributed by atoms with Gasteiger partial charge in [-0.05, 0) is 18.6 Å². The number of benzene rings is 1. The van der Waals surface area contributed by atoms with Crippen molar-refractivity contribution in [3.63, 3.8) is 0 Å². The lowest BCUT2D eigenvalue weighted by molar-refractivity contribution is 0.594. The van der Waals surface area contributed by atoms with Gasteiger partial charge in [-0.25, -0.2) is 8.78 Å². The normalized spacial score (nSPS) is 10.6. The predicted molar refractivity (Wildman–Crippen MR) is 59.4 cm³/mol. The molecule has 6 heteroatoms. The third-order valence-electron chi connectivity index (χ3n) is 2.36. The molecule has 1 heterocycles. The minimum Gasteiger partial charge on any atom is -0.377 e. The summed E-state index contributed by atoms with van der Waals surface area (Å²) in [6, 6.07) is 2.30. The summed E-state index contributed by atoms with van der Waals surface area (Å²) in [7, 11) is 1.74. The van der Waals surface area contributed by atoms with Gasteiger partial charge in [-0.3, -0.25) is 4.68 Å². The molecule has 90 valence electrons. The fourth-order valence-electron chi connectivity index (χ4n) is 1.44. The Morgan fingerprint density at radius 3 is 2.71 bits per heavy atom. The molecule has 0 saturated heterocycles. The Hall–Kier alpha value is -1.98. The van der Waals surface area contributed by atoms with Crippen molar-refractivity contribution in [3.05, 3.63) is 41.2 Å². The lowest BCUT2D eigenvalue weighted by Gasteiger charge is -2.07. The number of halogens is 2. The van der Waals surface area contributed by atoms with Crippen molar-refractivity contribution in [3.8, 4) is 0 Å². The second-order valence-corrected chi connectivity index (χ2v) is 3.82. The molecule has 1 aromatic carbocycles. The van der Waals surface area contributed by atoms with E-state index in [1.807, 2.05) is 0 Å². The van der Waals surface area contributed by atoms with Gasteiger partial charge in [-0.1, -0.05) is 5.21 Å². The summed E-state index contributed by atoms with van der Waals surface area (Å²) in [5.41, 5.74) is 1.07. The first kappa shape index (κ1) is 11.5. The molecule has 2 rings (SSSR count). The smallest absolute Gasteiger partial charge is 0.146 e. The number of hydrogen-bond acceptors (Lipinski definition) is 3. The first-order valence-electron chi connectivity index (χ1n) is 5.11. The Morgan fingerprint density at radius 1 is 1.29 bits per heavy atom. The fourth-order valence-corrected chi connectivity index (χ4v) is 1.44. The minimum atomic E-state index is -0.479. The maximum absolute atomic E-state index is 13.5. The first-order valence-corrected chi connectivity index (χ1v) is 5.11. The molecule has 0 unspecified atom stereocenters. The van der Waals surface area contributed by atoms with Crippen molar-refractivity contribution >= 4 is 5.69 Å². The predicted octanol–water partition coefficient (Wildman–Crippen LogP) is 2.01. The van der Waals surface area contributed by atoms with E-state index in [9.17, 15) is 8.78 Å². The van der Waals surface area contributed by atoms with Crippen LogP contribution in [0, 0.1) is 18.6 Å². The van der Waals surface area contributed by atoms with Gasteiger partial charge in [0.05, 0.1) is 12.2 Å². The molecule has 0 aliphatic heterocycles. The minimum absolute atomic E-state index is 0.124. The number of anilines is 1. The van der Waals surface area contributed by atoms with E-state index in [1.165, 1.54) is 6.92 Å². The van der Waals surface area contributed by atoms with E-state index < -0.39 is 11.6 Å². The van der Waals surface area contributed by atoms with Crippen LogP contribution < -0.4 is 5.32 Å². The van der Waals surface area contributed by atoms with E-state index in [0.717, 1.165) is 12.1 Å². The van der Waals surface area contributed by atoms with E-state index in [2.05, 4.69) is 15.6 Å². The van der Waals surface area contributed by atoms with Crippen LogP contribution in [-0.2, 0) is 13.6 Å². The lowest BCUT2D eigenvalue weighted by Crippen LogP contribution is -2.03. The first-order chi connectivity index (χ1) is 8.06. The highest BCUT2D eigenvalue weighted by molar-refractivity contribution is 5.46. The molecule has 2 aromatic rings. The molecule has 0 bridgehead atoms. The molecule has 0 aliphatic rings. The van der Waals surface area contributed by atoms with Crippen LogP contribution in [-0.4, -0.2) is 15.0 Å². The maximum Gasteiger partial charge on any atom is 0.146 e. The molecular formula is C11H12F2N4. The van der Waals surface area contributed by atoms with E-state index in [4.69, 9.17) is 0 Å². The van der Waals surface area contributed by atoms with Gasteiger partial charge in [0, 0.05) is 19.3 Å². The summed E-state index contributed by atoms with van der Waals surface area (Å²) in [6.45, 7) is 1.82. The van der Waals surface area contributed by atoms with Crippen LogP contribution in [0.3, 0.4) is 0 Å². The van der Waals surface area contributed by atoms with Crippen LogP contribution in [0.25, 0.3) is 0 Å². The average Bonchev–Trinajstić information content (AvgIpc) is 2.68. The Kier molecular flexibility index (Phi) is 3.03. The Bertz CT molecular complexity index is 536. The van der Waals surface area contributed by atoms with Crippen molar-refractivity contribution in [2.24, 2.45) is 7.05 Å². The second kappa shape index (κ2) is 4.48. The van der Waals surface area contributed by atoms with Gasteiger partial charge < -0.3 is 5.32 Å². The SMILES string of the molecule is Cc1cc(F)c(NCc2cn(C)nn2)cc1F. The Balaban J connectivity index is 2.11. The number of aromatic nitrogens is 3. The van der Waals surface area contributed by atoms with Crippen LogP contribution in [0.1, 0.15) is 11.3 Å². The summed E-state index contributed by atoms with van der Waals surface area (Å²) in [5.74, 6) is -0.916. The number of aryl methyl sites for hydroxylation is 2. The summed E-state index contributed by atoms with van der Waals surface area (Å²) in [5, 5.41) is 10.4. The average molecular weight is 238 g/mol. The third-order valence-corrected chi connectivity index (χ3v) is 2.36. The van der Waals surface area contributed by atoms with Crippen LogP contribution in [0.15, 0.2) is 18.3 Å². The highest BCUT2D eigenvalue weighted by atomic mass is 19.1. The number of nitrogens with zero attached hydrogens (tertiary/aromatic N) is 3. The molecule has 1 aromatic heterocycles. The molecule has 0 radical (unpaired) electrons. The van der Waals surface area contributed by atoms with Gasteiger partial charge in [0.15, 0.2) is 0 Å². The lowest BCUT2D eigenvalue weighted by atomic mass is 10.2. The van der Waals surface area contributed by atoms with Gasteiger partial charge >= 0.3 is 0 Å². The standard InChI is InChI=1S/C11H12F2N4/c1-7-3-10(13)11(4-9(7)12)14-5-8-6-17(2)16-15-8/h3-4,6,14H,5H2,1-2H3. The zero-order chi connectivity index (χ0) is 12.4. The van der Waals surface area contributed by atoms with Crippen LogP contribution in [0.4, 0.5) is 14.5 Å². The Labute approximate surface area is 97.3 Å². The number of rotatable bonds is 3. The third kappa shape index (κ3) is 2.58. The van der Waals surface area contributed by atoms with Gasteiger partial charge in [-0.15, -0.1) is 5.10 Å². The quantitative estimate of drug-likeness (QED) is 0.889. The molecule has 17 heavy (non-hydrogen) atoms. The molecule has 0 saturated carbocycles. The second-order valence-electron chi connectivity index (χ2n) is 3.82. The highest BCUT2D eigenvalue weighted by Crippen LogP contribution is 2.19. The molecule has 0 fully saturated rings. The van der Waals surface area contributed by atoms with Gasteiger partial charge in [0.25, 0.3) is 0 Å². The van der Waals surface area contributed by atoms with Gasteiger partial charge in [-0.2, -0.15) is 0 Å². The molecule has 0 atom stereocenters. The molecular weight excluding hydrogens is 226 g/mol. The van der Waals surface area contributed by atoms with E-state index >= 15 is 0 Å². The molecule has 0 aliphatic carbocycles. The number of hydrogen-bond donors (Lipinski definition) is 1. The van der Waals surface area contributed by atoms with Crippen LogP contribution >= 0.6 is 0 Å². The fraction of sp³-hybridized carbons (Fsp3) is 0.273. The van der Waals surface area contributed by atoms with E-state index in [1.54, 1.807) is 17.9 Å². The summed E-state index contributed by atoms with van der Waals surface area (Å²) >= 11 is 0. The maximum atomic E-state index is 13.5. The van der Waals surface area contributed by atoms with E-state index in [0.29, 0.717) is 12.2 Å². The van der Waals surface area contributed by atoms with Crippen molar-refractivity contribution < 1.29 is 8.78 Å². The Morgan fingerprint density at radius 2 is 2.06 bits per heavy atom. The molecule has 0 amide bonds. The highest BCUT2D eigenvalue weighted by Gasteiger charge is 2.07. The van der Waals surface area contributed by atoms with E-state index in [-0.39, 0.29) is 11.3 Å².